The molecule has 0 aliphatic carbocycles. The van der Waals surface area contributed by atoms with Crippen LogP contribution < -0.4 is 4.90 Å². The van der Waals surface area contributed by atoms with Crippen LogP contribution in [-0.2, 0) is 16.6 Å². The van der Waals surface area contributed by atoms with Crippen molar-refractivity contribution in [2.75, 3.05) is 37.3 Å². The molecule has 1 heterocycles. The van der Waals surface area contributed by atoms with Crippen molar-refractivity contribution >= 4 is 27.3 Å². The molecule has 0 spiro atoms. The van der Waals surface area contributed by atoms with E-state index in [4.69, 9.17) is 11.6 Å². The van der Waals surface area contributed by atoms with E-state index in [1.165, 1.54) is 10.6 Å². The fraction of sp³-hybridized carbons (Fsp3) is 0.500. The Morgan fingerprint density at radius 2 is 1.89 bits per heavy atom. The van der Waals surface area contributed by atoms with Crippen molar-refractivity contribution in [1.29, 1.82) is 0 Å². The van der Waals surface area contributed by atoms with Crippen LogP contribution in [0.25, 0.3) is 0 Å². The van der Waals surface area contributed by atoms with Gasteiger partial charge in [0.1, 0.15) is 0 Å². The normalized spacial score (nSPS) is 17.7. The minimum absolute atomic E-state index is 0.0812. The van der Waals surface area contributed by atoms with Gasteiger partial charge in [-0.15, -0.1) is 0 Å². The molecule has 0 saturated carbocycles. The van der Waals surface area contributed by atoms with Gasteiger partial charge in [-0.3, -0.25) is 0 Å². The third-order valence-electron chi connectivity index (χ3n) is 3.26. The third-order valence-corrected chi connectivity index (χ3v) is 4.87. The Bertz CT molecular complexity index is 554. The van der Waals surface area contributed by atoms with Crippen molar-refractivity contribution in [2.24, 2.45) is 0 Å². The molecule has 1 aromatic rings. The van der Waals surface area contributed by atoms with Crippen LogP contribution in [0.3, 0.4) is 0 Å². The second-order valence-corrected chi connectivity index (χ2v) is 6.94. The molecule has 7 heteroatoms. The van der Waals surface area contributed by atoms with Gasteiger partial charge in [0.05, 0.1) is 23.6 Å². The van der Waals surface area contributed by atoms with Crippen molar-refractivity contribution < 1.29 is 13.5 Å². The molecule has 5 nitrogen and oxygen atoms in total. The number of piperazine rings is 1. The molecule has 19 heavy (non-hydrogen) atoms. The number of aliphatic hydroxyl groups excluding tert-OH is 1. The minimum atomic E-state index is -3.13. The van der Waals surface area contributed by atoms with Crippen LogP contribution in [0.5, 0.6) is 0 Å². The number of hydrogen-bond acceptors (Lipinski definition) is 4. The summed E-state index contributed by atoms with van der Waals surface area (Å²) in [6, 6.07) is 5.40. The molecule has 0 bridgehead atoms. The first-order chi connectivity index (χ1) is 8.93. The van der Waals surface area contributed by atoms with Crippen molar-refractivity contribution in [3.8, 4) is 0 Å². The molecule has 1 N–H and O–H groups in total. The van der Waals surface area contributed by atoms with Crippen molar-refractivity contribution in [1.82, 2.24) is 4.31 Å². The number of rotatable bonds is 3. The Morgan fingerprint density at radius 1 is 1.26 bits per heavy atom. The van der Waals surface area contributed by atoms with Crippen LogP contribution in [0, 0.1) is 0 Å². The summed E-state index contributed by atoms with van der Waals surface area (Å²) in [6.45, 7) is 1.94. The first kappa shape index (κ1) is 14.6. The summed E-state index contributed by atoms with van der Waals surface area (Å²) < 4.78 is 24.4. The van der Waals surface area contributed by atoms with Crippen LogP contribution in [0.4, 0.5) is 5.69 Å². The second-order valence-electron chi connectivity index (χ2n) is 4.55. The molecule has 1 aromatic carbocycles. The lowest BCUT2D eigenvalue weighted by Gasteiger charge is -2.36. The summed E-state index contributed by atoms with van der Waals surface area (Å²) in [5, 5.41) is 9.95. The van der Waals surface area contributed by atoms with Crippen LogP contribution in [0.2, 0.25) is 5.02 Å². The first-order valence-electron chi connectivity index (χ1n) is 6.02. The fourth-order valence-corrected chi connectivity index (χ4v) is 3.43. The lowest BCUT2D eigenvalue weighted by Crippen LogP contribution is -2.48. The highest BCUT2D eigenvalue weighted by molar-refractivity contribution is 7.88. The Kier molecular flexibility index (Phi) is 4.35. The molecule has 0 amide bonds. The van der Waals surface area contributed by atoms with Crippen LogP contribution >= 0.6 is 11.6 Å². The van der Waals surface area contributed by atoms with Crippen LogP contribution in [0.15, 0.2) is 18.2 Å². The van der Waals surface area contributed by atoms with Crippen molar-refractivity contribution in [2.45, 2.75) is 6.61 Å². The molecule has 2 rings (SSSR count). The molecule has 0 aromatic heterocycles. The Labute approximate surface area is 118 Å². The predicted molar refractivity (Wildman–Crippen MR) is 76.0 cm³/mol. The van der Waals surface area contributed by atoms with Gasteiger partial charge in [0.25, 0.3) is 0 Å². The van der Waals surface area contributed by atoms with Crippen LogP contribution in [-0.4, -0.2) is 50.3 Å². The van der Waals surface area contributed by atoms with E-state index in [0.717, 1.165) is 11.3 Å². The highest BCUT2D eigenvalue weighted by Gasteiger charge is 2.25. The summed E-state index contributed by atoms with van der Waals surface area (Å²) in [7, 11) is -3.13. The fourth-order valence-electron chi connectivity index (χ4n) is 2.29. The molecule has 1 fully saturated rings. The molecule has 0 radical (unpaired) electrons. The van der Waals surface area contributed by atoms with E-state index in [1.807, 2.05) is 11.0 Å². The molecule has 1 aliphatic rings. The second kappa shape index (κ2) is 5.66. The molecular formula is C12H17ClN2O3S. The number of benzene rings is 1. The van der Waals surface area contributed by atoms with Crippen LogP contribution in [0.1, 0.15) is 5.56 Å². The largest absolute Gasteiger partial charge is 0.392 e. The van der Waals surface area contributed by atoms with Gasteiger partial charge in [-0.1, -0.05) is 23.7 Å². The zero-order valence-electron chi connectivity index (χ0n) is 10.7. The summed E-state index contributed by atoms with van der Waals surface area (Å²) in [5.41, 5.74) is 1.57. The van der Waals surface area contributed by atoms with E-state index >= 15 is 0 Å². The number of nitrogens with zero attached hydrogens (tertiary/aromatic N) is 2. The highest BCUT2D eigenvalue weighted by atomic mass is 35.5. The van der Waals surface area contributed by atoms with Crippen molar-refractivity contribution in [3.63, 3.8) is 0 Å². The van der Waals surface area contributed by atoms with Gasteiger partial charge in [0, 0.05) is 31.7 Å². The van der Waals surface area contributed by atoms with Gasteiger partial charge < -0.3 is 10.0 Å². The quantitative estimate of drug-likeness (QED) is 0.902. The topological polar surface area (TPSA) is 60.9 Å². The Morgan fingerprint density at radius 3 is 2.42 bits per heavy atom. The number of halogens is 1. The van der Waals surface area contributed by atoms with Gasteiger partial charge in [-0.05, 0) is 6.07 Å². The van der Waals surface area contributed by atoms with E-state index in [2.05, 4.69) is 0 Å². The molecule has 1 saturated heterocycles. The first-order valence-corrected chi connectivity index (χ1v) is 8.24. The zero-order valence-corrected chi connectivity index (χ0v) is 12.3. The monoisotopic (exact) mass is 304 g/mol. The number of hydrogen-bond donors (Lipinski definition) is 1. The zero-order chi connectivity index (χ0) is 14.0. The number of sulfonamides is 1. The average molecular weight is 305 g/mol. The Hall–Kier alpha value is -0.820. The molecule has 106 valence electrons. The predicted octanol–water partition coefficient (Wildman–Crippen LogP) is 0.914. The number of para-hydroxylation sites is 1. The summed E-state index contributed by atoms with van der Waals surface area (Å²) in [6.07, 6.45) is 1.22. The number of anilines is 1. The minimum Gasteiger partial charge on any atom is -0.392 e. The van der Waals surface area contributed by atoms with E-state index < -0.39 is 10.0 Å². The van der Waals surface area contributed by atoms with E-state index in [9.17, 15) is 13.5 Å². The average Bonchev–Trinajstić information content (AvgIpc) is 2.37. The molecule has 0 unspecified atom stereocenters. The standard InChI is InChI=1S/C12H17ClN2O3S/c1-19(17,18)15-7-5-14(6-8-15)12-10(9-16)3-2-4-11(12)13/h2-4,16H,5-9H2,1H3. The molecule has 1 aliphatic heterocycles. The SMILES string of the molecule is CS(=O)(=O)N1CCN(c2c(Cl)cccc2CO)CC1. The van der Waals surface area contributed by atoms with Gasteiger partial charge in [-0.2, -0.15) is 4.31 Å². The maximum absolute atomic E-state index is 11.5. The summed E-state index contributed by atoms with van der Waals surface area (Å²) in [5.74, 6) is 0. The van der Waals surface area contributed by atoms with Gasteiger partial charge >= 0.3 is 0 Å². The van der Waals surface area contributed by atoms with Crippen molar-refractivity contribution in [3.05, 3.63) is 28.8 Å². The van der Waals surface area contributed by atoms with Gasteiger partial charge in [0.15, 0.2) is 0 Å². The highest BCUT2D eigenvalue weighted by Crippen LogP contribution is 2.30. The lowest BCUT2D eigenvalue weighted by atomic mass is 10.1. The third kappa shape index (κ3) is 3.20. The lowest BCUT2D eigenvalue weighted by molar-refractivity contribution is 0.281. The van der Waals surface area contributed by atoms with Gasteiger partial charge in [-0.25, -0.2) is 8.42 Å². The number of aliphatic hydroxyl groups is 1. The summed E-state index contributed by atoms with van der Waals surface area (Å²) in [4.78, 5) is 2.02. The maximum Gasteiger partial charge on any atom is 0.211 e. The Balaban J connectivity index is 2.18. The van der Waals surface area contributed by atoms with Gasteiger partial charge in [0.2, 0.25) is 10.0 Å². The molecule has 0 atom stereocenters. The smallest absolute Gasteiger partial charge is 0.211 e. The van der Waals surface area contributed by atoms with E-state index in [1.54, 1.807) is 12.1 Å². The van der Waals surface area contributed by atoms with E-state index in [0.29, 0.717) is 31.2 Å². The molecular weight excluding hydrogens is 288 g/mol. The van der Waals surface area contributed by atoms with E-state index in [-0.39, 0.29) is 6.61 Å². The summed E-state index contributed by atoms with van der Waals surface area (Å²) >= 11 is 6.18. The maximum atomic E-state index is 11.5.